The maximum Gasteiger partial charge on any atom is 0.459 e. The van der Waals surface area contributed by atoms with Crippen molar-refractivity contribution in [1.29, 1.82) is 0 Å². The van der Waals surface area contributed by atoms with Crippen LogP contribution in [0.25, 0.3) is 11.1 Å². The third-order valence-corrected chi connectivity index (χ3v) is 6.11. The number of hydrogen-bond donors (Lipinski definition) is 1. The molecule has 182 valence electrons. The van der Waals surface area contributed by atoms with Crippen molar-refractivity contribution < 1.29 is 27.2 Å². The predicted octanol–water partition coefficient (Wildman–Crippen LogP) is 7.71. The number of anilines is 1. The first-order valence-electron chi connectivity index (χ1n) is 10.5. The van der Waals surface area contributed by atoms with E-state index in [4.69, 9.17) is 16.8 Å². The van der Waals surface area contributed by atoms with Gasteiger partial charge in [-0.15, -0.1) is 0 Å². The molecule has 1 N–H and O–H groups in total. The van der Waals surface area contributed by atoms with E-state index in [-0.39, 0.29) is 10.7 Å². The molecule has 0 fully saturated rings. The van der Waals surface area contributed by atoms with E-state index in [9.17, 15) is 22.0 Å². The van der Waals surface area contributed by atoms with E-state index in [1.165, 1.54) is 12.1 Å². The standard InChI is InChI=1S/C25H19ClF5N3O/c1-15(33-35)16-9-11-17(12-10-16)18-5-4-6-19(13-18)22-14-23(24(27,28)25(29,30)31)32-34(22)21-8-3-2-7-20(21)26/h2-13,22,35H,14H2,1H3/b33-15+. The average molecular weight is 508 g/mol. The van der Waals surface area contributed by atoms with Crippen molar-refractivity contribution in [1.82, 2.24) is 0 Å². The number of nitrogens with zero attached hydrogens (tertiary/aromatic N) is 3. The lowest BCUT2D eigenvalue weighted by molar-refractivity contribution is -0.249. The maximum atomic E-state index is 14.2. The zero-order chi connectivity index (χ0) is 25.4. The molecule has 1 atom stereocenters. The van der Waals surface area contributed by atoms with E-state index in [1.807, 2.05) is 0 Å². The first kappa shape index (κ1) is 24.7. The van der Waals surface area contributed by atoms with Gasteiger partial charge in [0.1, 0.15) is 5.71 Å². The zero-order valence-corrected chi connectivity index (χ0v) is 19.0. The zero-order valence-electron chi connectivity index (χ0n) is 18.3. The Morgan fingerprint density at radius 3 is 2.29 bits per heavy atom. The fraction of sp³-hybridized carbons (Fsp3) is 0.200. The summed E-state index contributed by atoms with van der Waals surface area (Å²) in [6.45, 7) is 1.65. The van der Waals surface area contributed by atoms with Crippen LogP contribution < -0.4 is 5.01 Å². The molecule has 35 heavy (non-hydrogen) atoms. The van der Waals surface area contributed by atoms with Crippen LogP contribution in [0, 0.1) is 0 Å². The molecular weight excluding hydrogens is 489 g/mol. The Morgan fingerprint density at radius 2 is 1.66 bits per heavy atom. The van der Waals surface area contributed by atoms with Gasteiger partial charge in [-0.3, -0.25) is 5.01 Å². The molecule has 1 heterocycles. The Kier molecular flexibility index (Phi) is 6.55. The van der Waals surface area contributed by atoms with Crippen molar-refractivity contribution in [2.45, 2.75) is 31.5 Å². The van der Waals surface area contributed by atoms with Crippen LogP contribution in [0.15, 0.2) is 83.1 Å². The van der Waals surface area contributed by atoms with E-state index in [2.05, 4.69) is 10.3 Å². The van der Waals surface area contributed by atoms with E-state index in [1.54, 1.807) is 67.6 Å². The van der Waals surface area contributed by atoms with E-state index in [0.29, 0.717) is 16.8 Å². The molecule has 0 saturated heterocycles. The summed E-state index contributed by atoms with van der Waals surface area (Å²) in [5, 5.41) is 17.1. The number of rotatable bonds is 5. The van der Waals surface area contributed by atoms with Gasteiger partial charge in [-0.25, -0.2) is 0 Å². The quantitative estimate of drug-likeness (QED) is 0.166. The predicted molar refractivity (Wildman–Crippen MR) is 126 cm³/mol. The van der Waals surface area contributed by atoms with Gasteiger partial charge in [-0.1, -0.05) is 71.4 Å². The second kappa shape index (κ2) is 9.30. The summed E-state index contributed by atoms with van der Waals surface area (Å²) < 4.78 is 67.9. The number of oxime groups is 1. The summed E-state index contributed by atoms with van der Waals surface area (Å²) in [5.74, 6) is -5.08. The van der Waals surface area contributed by atoms with Gasteiger partial charge >= 0.3 is 12.1 Å². The molecule has 10 heteroatoms. The topological polar surface area (TPSA) is 48.2 Å². The summed E-state index contributed by atoms with van der Waals surface area (Å²) >= 11 is 6.24. The Labute approximate surface area is 202 Å². The van der Waals surface area contributed by atoms with Gasteiger partial charge < -0.3 is 5.21 Å². The highest BCUT2D eigenvalue weighted by Crippen LogP contribution is 2.46. The van der Waals surface area contributed by atoms with Gasteiger partial charge in [-0.05, 0) is 47.4 Å². The van der Waals surface area contributed by atoms with Gasteiger partial charge in [0, 0.05) is 6.42 Å². The van der Waals surface area contributed by atoms with Crippen molar-refractivity contribution in [3.63, 3.8) is 0 Å². The smallest absolute Gasteiger partial charge is 0.411 e. The minimum atomic E-state index is -5.77. The Morgan fingerprint density at radius 1 is 0.971 bits per heavy atom. The molecule has 0 bridgehead atoms. The van der Waals surface area contributed by atoms with Gasteiger partial charge in [0.25, 0.3) is 0 Å². The number of alkyl halides is 5. The first-order chi connectivity index (χ1) is 16.5. The largest absolute Gasteiger partial charge is 0.459 e. The summed E-state index contributed by atoms with van der Waals surface area (Å²) in [4.78, 5) is 0. The van der Waals surface area contributed by atoms with Crippen LogP contribution in [0.5, 0.6) is 0 Å². The molecule has 1 aliphatic heterocycles. The highest BCUT2D eigenvalue weighted by Gasteiger charge is 2.62. The SMILES string of the molecule is C/C(=N\O)c1ccc(-c2cccc(C3CC(C(F)(F)C(F)(F)F)=NN3c3ccccc3Cl)c2)cc1. The number of para-hydroxylation sites is 1. The van der Waals surface area contributed by atoms with Crippen LogP contribution in [-0.4, -0.2) is 28.7 Å². The summed E-state index contributed by atoms with van der Waals surface area (Å²) in [7, 11) is 0. The van der Waals surface area contributed by atoms with Gasteiger partial charge in [0.2, 0.25) is 0 Å². The normalized spacial score (nSPS) is 17.0. The summed E-state index contributed by atoms with van der Waals surface area (Å²) in [6.07, 6.45) is -6.40. The third-order valence-electron chi connectivity index (χ3n) is 5.79. The molecule has 4 nitrogen and oxygen atoms in total. The summed E-state index contributed by atoms with van der Waals surface area (Å²) in [6, 6.07) is 19.3. The number of hydrazone groups is 1. The number of hydrogen-bond acceptors (Lipinski definition) is 4. The monoisotopic (exact) mass is 507 g/mol. The van der Waals surface area contributed by atoms with Crippen LogP contribution in [0.4, 0.5) is 27.6 Å². The van der Waals surface area contributed by atoms with Crippen molar-refractivity contribution >= 4 is 28.7 Å². The molecule has 0 aromatic heterocycles. The van der Waals surface area contributed by atoms with Gasteiger partial charge in [-0.2, -0.15) is 27.1 Å². The second-order valence-corrected chi connectivity index (χ2v) is 8.43. The van der Waals surface area contributed by atoms with E-state index in [0.717, 1.165) is 16.1 Å². The highest BCUT2D eigenvalue weighted by molar-refractivity contribution is 6.33. The van der Waals surface area contributed by atoms with Crippen molar-refractivity contribution in [2.75, 3.05) is 5.01 Å². The Hall–Kier alpha value is -3.46. The molecule has 4 rings (SSSR count). The lowest BCUT2D eigenvalue weighted by Gasteiger charge is -2.25. The fourth-order valence-electron chi connectivity index (χ4n) is 3.87. The Bertz CT molecular complexity index is 1290. The molecular formula is C25H19ClF5N3O. The lowest BCUT2D eigenvalue weighted by atomic mass is 9.95. The highest BCUT2D eigenvalue weighted by atomic mass is 35.5. The molecule has 0 aliphatic carbocycles. The van der Waals surface area contributed by atoms with Crippen molar-refractivity contribution in [3.8, 4) is 11.1 Å². The molecule has 0 radical (unpaired) electrons. The van der Waals surface area contributed by atoms with E-state index < -0.39 is 30.3 Å². The molecule has 0 spiro atoms. The van der Waals surface area contributed by atoms with Crippen LogP contribution in [0.3, 0.4) is 0 Å². The molecule has 3 aromatic carbocycles. The van der Waals surface area contributed by atoms with Crippen LogP contribution in [0.1, 0.15) is 30.5 Å². The second-order valence-electron chi connectivity index (χ2n) is 8.02. The maximum absolute atomic E-state index is 14.2. The Balaban J connectivity index is 1.75. The summed E-state index contributed by atoms with van der Waals surface area (Å²) in [5.41, 5.74) is 2.09. The molecule has 0 amide bonds. The van der Waals surface area contributed by atoms with Crippen LogP contribution in [0.2, 0.25) is 5.02 Å². The molecule has 0 saturated carbocycles. The average Bonchev–Trinajstić information content (AvgIpc) is 3.29. The third kappa shape index (κ3) is 4.73. The number of halogens is 6. The van der Waals surface area contributed by atoms with E-state index >= 15 is 0 Å². The van der Waals surface area contributed by atoms with Crippen LogP contribution >= 0.6 is 11.6 Å². The molecule has 1 aliphatic rings. The minimum absolute atomic E-state index is 0.172. The lowest BCUT2D eigenvalue weighted by Crippen LogP contribution is -2.43. The number of benzene rings is 3. The van der Waals surface area contributed by atoms with Crippen molar-refractivity contribution in [3.05, 3.63) is 88.9 Å². The van der Waals surface area contributed by atoms with Gasteiger partial charge in [0.15, 0.2) is 0 Å². The minimum Gasteiger partial charge on any atom is -0.411 e. The van der Waals surface area contributed by atoms with Gasteiger partial charge in [0.05, 0.1) is 22.5 Å². The fourth-order valence-corrected chi connectivity index (χ4v) is 4.09. The van der Waals surface area contributed by atoms with Crippen molar-refractivity contribution in [2.24, 2.45) is 10.3 Å². The molecule has 1 unspecified atom stereocenters. The molecule has 3 aromatic rings. The van der Waals surface area contributed by atoms with Crippen LogP contribution in [-0.2, 0) is 0 Å². The first-order valence-corrected chi connectivity index (χ1v) is 10.9.